The van der Waals surface area contributed by atoms with Gasteiger partial charge < -0.3 is 25.6 Å². The molecule has 3 aromatic heterocycles. The minimum Gasteiger partial charge on any atom is -0.364 e. The molecule has 0 unspecified atom stereocenters. The maximum Gasteiger partial charge on any atom is 0.271 e. The predicted molar refractivity (Wildman–Crippen MR) is 80.1 cm³/mol. The van der Waals surface area contributed by atoms with Gasteiger partial charge in [0, 0.05) is 24.8 Å². The normalized spacial score (nSPS) is 10.6. The number of rotatable bonds is 6. The Morgan fingerprint density at radius 3 is 2.00 bits per heavy atom. The van der Waals surface area contributed by atoms with Gasteiger partial charge in [-0.1, -0.05) is 0 Å². The van der Waals surface area contributed by atoms with Crippen molar-refractivity contribution < 1.29 is 9.59 Å². The quantitative estimate of drug-likeness (QED) is 0.523. The second-order valence-corrected chi connectivity index (χ2v) is 4.88. The van der Waals surface area contributed by atoms with E-state index in [-0.39, 0.29) is 30.4 Å². The smallest absolute Gasteiger partial charge is 0.271 e. The van der Waals surface area contributed by atoms with Crippen LogP contribution < -0.4 is 5.73 Å². The Morgan fingerprint density at radius 1 is 1.00 bits per heavy atom. The predicted octanol–water partition coefficient (Wildman–Crippen LogP) is 0.402. The molecular formula is C14H15N7O2. The van der Waals surface area contributed by atoms with Crippen LogP contribution in [0.5, 0.6) is 0 Å². The summed E-state index contributed by atoms with van der Waals surface area (Å²) in [6, 6.07) is 3.01. The molecule has 3 heterocycles. The van der Waals surface area contributed by atoms with E-state index < -0.39 is 5.91 Å². The highest BCUT2D eigenvalue weighted by atomic mass is 16.2. The standard InChI is InChI=1S/C14H15N7O2/c15-13(22)9-1-2-10(20-9)14(23)21(7-11-16-3-4-17-11)8-12-18-5-6-19-12/h1-6,20H,7-8H2,(H2,15,22)(H,16,17)(H,18,19). The van der Waals surface area contributed by atoms with E-state index in [4.69, 9.17) is 5.73 Å². The van der Waals surface area contributed by atoms with Crippen LogP contribution in [-0.2, 0) is 13.1 Å². The van der Waals surface area contributed by atoms with Crippen LogP contribution in [0.25, 0.3) is 0 Å². The first-order valence-electron chi connectivity index (χ1n) is 6.88. The molecule has 0 fully saturated rings. The lowest BCUT2D eigenvalue weighted by molar-refractivity contribution is 0.0716. The first kappa shape index (κ1) is 14.6. The van der Waals surface area contributed by atoms with Gasteiger partial charge in [0.2, 0.25) is 0 Å². The third kappa shape index (κ3) is 3.28. The Hall–Kier alpha value is -3.36. The molecular weight excluding hydrogens is 298 g/mol. The van der Waals surface area contributed by atoms with Crippen molar-refractivity contribution in [2.24, 2.45) is 5.73 Å². The van der Waals surface area contributed by atoms with Crippen LogP contribution >= 0.6 is 0 Å². The number of carbonyl (C=O) groups is 2. The number of nitrogens with one attached hydrogen (secondary N) is 3. The summed E-state index contributed by atoms with van der Waals surface area (Å²) in [6.45, 7) is 0.551. The molecule has 0 spiro atoms. The molecule has 3 aromatic rings. The molecule has 9 heteroatoms. The van der Waals surface area contributed by atoms with Gasteiger partial charge in [0.05, 0.1) is 13.1 Å². The molecule has 0 saturated heterocycles. The number of primary amides is 1. The number of nitrogens with zero attached hydrogens (tertiary/aromatic N) is 3. The van der Waals surface area contributed by atoms with Crippen molar-refractivity contribution in [2.75, 3.05) is 0 Å². The van der Waals surface area contributed by atoms with E-state index in [0.717, 1.165) is 0 Å². The van der Waals surface area contributed by atoms with E-state index >= 15 is 0 Å². The number of hydrogen-bond donors (Lipinski definition) is 4. The average Bonchev–Trinajstić information content (AvgIpc) is 3.28. The summed E-state index contributed by atoms with van der Waals surface area (Å²) in [5, 5.41) is 0. The Morgan fingerprint density at radius 2 is 1.57 bits per heavy atom. The zero-order valence-electron chi connectivity index (χ0n) is 12.1. The lowest BCUT2D eigenvalue weighted by Gasteiger charge is -2.20. The van der Waals surface area contributed by atoms with Gasteiger partial charge in [-0.25, -0.2) is 9.97 Å². The molecule has 0 atom stereocenters. The van der Waals surface area contributed by atoms with Gasteiger partial charge in [0.15, 0.2) is 0 Å². The van der Waals surface area contributed by atoms with Crippen molar-refractivity contribution >= 4 is 11.8 Å². The summed E-state index contributed by atoms with van der Waals surface area (Å²) in [4.78, 5) is 42.3. The van der Waals surface area contributed by atoms with E-state index in [9.17, 15) is 9.59 Å². The highest BCUT2D eigenvalue weighted by Gasteiger charge is 2.20. The fraction of sp³-hybridized carbons (Fsp3) is 0.143. The number of H-pyrrole nitrogens is 3. The van der Waals surface area contributed by atoms with Gasteiger partial charge in [-0.15, -0.1) is 0 Å². The third-order valence-corrected chi connectivity index (χ3v) is 3.26. The summed E-state index contributed by atoms with van der Waals surface area (Å²) >= 11 is 0. The molecule has 0 aliphatic heterocycles. The number of aromatic amines is 3. The fourth-order valence-electron chi connectivity index (χ4n) is 2.16. The molecule has 9 nitrogen and oxygen atoms in total. The highest BCUT2D eigenvalue weighted by Crippen LogP contribution is 2.11. The fourth-order valence-corrected chi connectivity index (χ4v) is 2.16. The Kier molecular flexibility index (Phi) is 3.91. The lowest BCUT2D eigenvalue weighted by atomic mass is 10.3. The SMILES string of the molecule is NC(=O)c1ccc(C(=O)N(Cc2ncc[nH]2)Cc2ncc[nH]2)[nH]1. The van der Waals surface area contributed by atoms with E-state index in [1.165, 1.54) is 12.1 Å². The number of aromatic nitrogens is 5. The molecule has 2 amide bonds. The maximum atomic E-state index is 12.7. The molecule has 23 heavy (non-hydrogen) atoms. The lowest BCUT2D eigenvalue weighted by Crippen LogP contribution is -2.31. The molecule has 0 aliphatic rings. The van der Waals surface area contributed by atoms with Crippen molar-refractivity contribution in [3.63, 3.8) is 0 Å². The Bertz CT molecular complexity index is 753. The zero-order valence-corrected chi connectivity index (χ0v) is 12.1. The molecule has 0 radical (unpaired) electrons. The van der Waals surface area contributed by atoms with Gasteiger partial charge in [0.1, 0.15) is 23.0 Å². The van der Waals surface area contributed by atoms with E-state index in [2.05, 4.69) is 24.9 Å². The number of hydrogen-bond acceptors (Lipinski definition) is 4. The summed E-state index contributed by atoms with van der Waals surface area (Å²) in [6.07, 6.45) is 6.60. The first-order valence-corrected chi connectivity index (χ1v) is 6.88. The molecule has 3 rings (SSSR count). The average molecular weight is 313 g/mol. The first-order chi connectivity index (χ1) is 11.1. The number of amides is 2. The van der Waals surface area contributed by atoms with Gasteiger partial charge in [-0.05, 0) is 12.1 Å². The van der Waals surface area contributed by atoms with Gasteiger partial charge >= 0.3 is 0 Å². The highest BCUT2D eigenvalue weighted by molar-refractivity contribution is 5.96. The monoisotopic (exact) mass is 313 g/mol. The van der Waals surface area contributed by atoms with Gasteiger partial charge in [0.25, 0.3) is 11.8 Å². The topological polar surface area (TPSA) is 137 Å². The summed E-state index contributed by atoms with van der Waals surface area (Å²) in [5.74, 6) is 0.385. The molecule has 0 aromatic carbocycles. The minimum atomic E-state index is -0.618. The van der Waals surface area contributed by atoms with Crippen molar-refractivity contribution in [3.8, 4) is 0 Å². The van der Waals surface area contributed by atoms with Crippen molar-refractivity contribution in [3.05, 3.63) is 60.0 Å². The van der Waals surface area contributed by atoms with Crippen LogP contribution in [0.2, 0.25) is 0 Å². The largest absolute Gasteiger partial charge is 0.364 e. The third-order valence-electron chi connectivity index (χ3n) is 3.26. The molecule has 0 bridgehead atoms. The number of carbonyl (C=O) groups excluding carboxylic acids is 2. The van der Waals surface area contributed by atoms with Crippen LogP contribution in [0.15, 0.2) is 36.9 Å². The van der Waals surface area contributed by atoms with E-state index in [1.807, 2.05) is 0 Å². The van der Waals surface area contributed by atoms with Crippen LogP contribution in [0, 0.1) is 0 Å². The molecule has 118 valence electrons. The molecule has 0 saturated carbocycles. The second kappa shape index (κ2) is 6.18. The van der Waals surface area contributed by atoms with E-state index in [0.29, 0.717) is 11.6 Å². The number of nitrogens with two attached hydrogens (primary N) is 1. The van der Waals surface area contributed by atoms with Gasteiger partial charge in [-0.2, -0.15) is 0 Å². The van der Waals surface area contributed by atoms with Crippen LogP contribution in [-0.4, -0.2) is 41.6 Å². The van der Waals surface area contributed by atoms with Crippen LogP contribution in [0.1, 0.15) is 32.6 Å². The second-order valence-electron chi connectivity index (χ2n) is 4.88. The van der Waals surface area contributed by atoms with Crippen molar-refractivity contribution in [1.82, 2.24) is 29.8 Å². The van der Waals surface area contributed by atoms with Crippen molar-refractivity contribution in [1.29, 1.82) is 0 Å². The summed E-state index contributed by atoms with van der Waals surface area (Å²) in [7, 11) is 0. The van der Waals surface area contributed by atoms with Crippen LogP contribution in [0.4, 0.5) is 0 Å². The van der Waals surface area contributed by atoms with Gasteiger partial charge in [-0.3, -0.25) is 9.59 Å². The number of imidazole rings is 2. The maximum absolute atomic E-state index is 12.7. The minimum absolute atomic E-state index is 0.185. The van der Waals surface area contributed by atoms with Crippen molar-refractivity contribution in [2.45, 2.75) is 13.1 Å². The van der Waals surface area contributed by atoms with E-state index in [1.54, 1.807) is 29.7 Å². The Balaban J connectivity index is 1.83. The molecule has 5 N–H and O–H groups in total. The molecule has 0 aliphatic carbocycles. The Labute approximate surface area is 130 Å². The van der Waals surface area contributed by atoms with Crippen LogP contribution in [0.3, 0.4) is 0 Å². The zero-order chi connectivity index (χ0) is 16.2. The summed E-state index contributed by atoms with van der Waals surface area (Å²) in [5.41, 5.74) is 5.66. The summed E-state index contributed by atoms with van der Waals surface area (Å²) < 4.78 is 0.